The normalized spacial score (nSPS) is 11.3. The van der Waals surface area contributed by atoms with E-state index in [9.17, 15) is 18.0 Å². The molecule has 0 heterocycles. The van der Waals surface area contributed by atoms with Gasteiger partial charge in [-0.05, 0) is 52.9 Å². The summed E-state index contributed by atoms with van der Waals surface area (Å²) in [6.45, 7) is 0. The number of benzene rings is 2. The molecule has 2 aromatic rings. The number of carbonyl (C=O) groups excluding carboxylic acids is 1. The number of hydrogen-bond acceptors (Lipinski definition) is 2. The van der Waals surface area contributed by atoms with Crippen molar-refractivity contribution in [2.45, 2.75) is 6.36 Å². The minimum Gasteiger partial charge on any atom is -0.405 e. The standard InChI is InChI=1S/C14H7BrF3IO2/c15-8-5-6-11(19)10(7-8)13(20)9-3-1-2-4-12(9)21-14(16,17)18/h1-7H. The summed E-state index contributed by atoms with van der Waals surface area (Å²) in [6.07, 6.45) is -4.85. The van der Waals surface area contributed by atoms with Crippen molar-refractivity contribution in [3.05, 3.63) is 61.6 Å². The van der Waals surface area contributed by atoms with Gasteiger partial charge in [0.2, 0.25) is 0 Å². The van der Waals surface area contributed by atoms with E-state index in [4.69, 9.17) is 0 Å². The number of halogens is 5. The second kappa shape index (κ2) is 6.35. The Morgan fingerprint density at radius 2 is 1.76 bits per heavy atom. The summed E-state index contributed by atoms with van der Waals surface area (Å²) >= 11 is 5.19. The van der Waals surface area contributed by atoms with Crippen molar-refractivity contribution in [3.63, 3.8) is 0 Å². The number of carbonyl (C=O) groups is 1. The van der Waals surface area contributed by atoms with Gasteiger partial charge in [0.1, 0.15) is 5.75 Å². The van der Waals surface area contributed by atoms with Gasteiger partial charge < -0.3 is 4.74 Å². The molecule has 0 aromatic heterocycles. The molecular weight excluding hydrogens is 464 g/mol. The highest BCUT2D eigenvalue weighted by Crippen LogP contribution is 2.29. The number of alkyl halides is 3. The molecule has 0 bridgehead atoms. The number of rotatable bonds is 3. The summed E-state index contributed by atoms with van der Waals surface area (Å²) in [5.41, 5.74) is 0.175. The predicted octanol–water partition coefficient (Wildman–Crippen LogP) is 5.18. The van der Waals surface area contributed by atoms with E-state index >= 15 is 0 Å². The lowest BCUT2D eigenvalue weighted by Crippen LogP contribution is -2.19. The average Bonchev–Trinajstić information content (AvgIpc) is 2.39. The highest BCUT2D eigenvalue weighted by molar-refractivity contribution is 14.1. The highest BCUT2D eigenvalue weighted by Gasteiger charge is 2.33. The zero-order valence-corrected chi connectivity index (χ0v) is 14.0. The van der Waals surface area contributed by atoms with E-state index in [0.29, 0.717) is 13.6 Å². The smallest absolute Gasteiger partial charge is 0.405 e. The fraction of sp³-hybridized carbons (Fsp3) is 0.0714. The molecule has 0 spiro atoms. The minimum atomic E-state index is -4.85. The van der Waals surface area contributed by atoms with Crippen LogP contribution in [0, 0.1) is 3.57 Å². The molecular formula is C14H7BrF3IO2. The van der Waals surface area contributed by atoms with Gasteiger partial charge in [0.25, 0.3) is 0 Å². The van der Waals surface area contributed by atoms with Gasteiger partial charge in [0, 0.05) is 13.6 Å². The number of ketones is 1. The van der Waals surface area contributed by atoms with Crippen LogP contribution in [0.5, 0.6) is 5.75 Å². The second-order valence-electron chi connectivity index (χ2n) is 4.00. The first-order valence-corrected chi connectivity index (χ1v) is 7.49. The van der Waals surface area contributed by atoms with E-state index < -0.39 is 17.9 Å². The molecule has 0 aliphatic rings. The number of ether oxygens (including phenoxy) is 1. The van der Waals surface area contributed by atoms with Gasteiger partial charge in [-0.2, -0.15) is 0 Å². The van der Waals surface area contributed by atoms with Crippen LogP contribution in [0.15, 0.2) is 46.9 Å². The van der Waals surface area contributed by atoms with Crippen LogP contribution in [0.3, 0.4) is 0 Å². The highest BCUT2D eigenvalue weighted by atomic mass is 127. The van der Waals surface area contributed by atoms with Gasteiger partial charge in [-0.3, -0.25) is 4.79 Å². The molecule has 0 saturated heterocycles. The molecule has 0 amide bonds. The molecule has 2 rings (SSSR count). The maximum Gasteiger partial charge on any atom is 0.573 e. The molecule has 0 aliphatic heterocycles. The Morgan fingerprint density at radius 1 is 1.10 bits per heavy atom. The van der Waals surface area contributed by atoms with Gasteiger partial charge in [-0.1, -0.05) is 28.1 Å². The Balaban J connectivity index is 2.46. The van der Waals surface area contributed by atoms with Crippen LogP contribution in [-0.2, 0) is 0 Å². The van der Waals surface area contributed by atoms with Crippen LogP contribution in [0.2, 0.25) is 0 Å². The third-order valence-electron chi connectivity index (χ3n) is 2.53. The third-order valence-corrected chi connectivity index (χ3v) is 3.96. The molecule has 7 heteroatoms. The lowest BCUT2D eigenvalue weighted by molar-refractivity contribution is -0.274. The largest absolute Gasteiger partial charge is 0.573 e. The van der Waals surface area contributed by atoms with E-state index in [-0.39, 0.29) is 5.56 Å². The van der Waals surface area contributed by atoms with E-state index in [1.807, 2.05) is 22.6 Å². The zero-order chi connectivity index (χ0) is 15.6. The van der Waals surface area contributed by atoms with Gasteiger partial charge in [-0.25, -0.2) is 0 Å². The van der Waals surface area contributed by atoms with E-state index in [2.05, 4.69) is 20.7 Å². The van der Waals surface area contributed by atoms with Gasteiger partial charge >= 0.3 is 6.36 Å². The summed E-state index contributed by atoms with van der Waals surface area (Å²) in [5.74, 6) is -1.04. The van der Waals surface area contributed by atoms with Crippen LogP contribution < -0.4 is 4.74 Å². The molecule has 0 unspecified atom stereocenters. The average molecular weight is 471 g/mol. The SMILES string of the molecule is O=C(c1cc(Br)ccc1I)c1ccccc1OC(F)(F)F. The van der Waals surface area contributed by atoms with Crippen molar-refractivity contribution in [1.82, 2.24) is 0 Å². The number of hydrogen-bond donors (Lipinski definition) is 0. The van der Waals surface area contributed by atoms with E-state index in [1.54, 1.807) is 18.2 Å². The fourth-order valence-corrected chi connectivity index (χ4v) is 2.63. The van der Waals surface area contributed by atoms with Crippen LogP contribution in [0.25, 0.3) is 0 Å². The van der Waals surface area contributed by atoms with Gasteiger partial charge in [0.15, 0.2) is 5.78 Å². The van der Waals surface area contributed by atoms with Gasteiger partial charge in [0.05, 0.1) is 5.56 Å². The summed E-state index contributed by atoms with van der Waals surface area (Å²) in [5, 5.41) is 0. The first kappa shape index (κ1) is 16.3. The Morgan fingerprint density at radius 3 is 2.43 bits per heavy atom. The quantitative estimate of drug-likeness (QED) is 0.456. The van der Waals surface area contributed by atoms with Crippen LogP contribution in [0.4, 0.5) is 13.2 Å². The summed E-state index contributed by atoms with van der Waals surface area (Å²) in [6, 6.07) is 10.3. The van der Waals surface area contributed by atoms with Crippen molar-refractivity contribution >= 4 is 44.3 Å². The summed E-state index contributed by atoms with van der Waals surface area (Å²) in [4.78, 5) is 12.5. The molecule has 0 aliphatic carbocycles. The second-order valence-corrected chi connectivity index (χ2v) is 6.08. The van der Waals surface area contributed by atoms with Crippen molar-refractivity contribution in [2.24, 2.45) is 0 Å². The third kappa shape index (κ3) is 4.19. The Labute approximate surface area is 140 Å². The summed E-state index contributed by atoms with van der Waals surface area (Å²) in [7, 11) is 0. The van der Waals surface area contributed by atoms with Gasteiger partial charge in [-0.15, -0.1) is 13.2 Å². The lowest BCUT2D eigenvalue weighted by atomic mass is 10.0. The van der Waals surface area contributed by atoms with Crippen LogP contribution in [-0.4, -0.2) is 12.1 Å². The maximum atomic E-state index is 12.5. The molecule has 2 aromatic carbocycles. The predicted molar refractivity (Wildman–Crippen MR) is 83.4 cm³/mol. The first-order valence-electron chi connectivity index (χ1n) is 5.62. The Kier molecular flexibility index (Phi) is 4.92. The van der Waals surface area contributed by atoms with Crippen LogP contribution in [0.1, 0.15) is 15.9 Å². The minimum absolute atomic E-state index is 0.133. The molecule has 0 fully saturated rings. The summed E-state index contributed by atoms with van der Waals surface area (Å²) < 4.78 is 42.4. The van der Waals surface area contributed by atoms with Crippen molar-refractivity contribution < 1.29 is 22.7 Å². The van der Waals surface area contributed by atoms with Crippen molar-refractivity contribution in [3.8, 4) is 5.75 Å². The van der Waals surface area contributed by atoms with E-state index in [1.165, 1.54) is 18.2 Å². The molecule has 110 valence electrons. The van der Waals surface area contributed by atoms with Crippen molar-refractivity contribution in [2.75, 3.05) is 0 Å². The number of para-hydroxylation sites is 1. The van der Waals surface area contributed by atoms with E-state index in [0.717, 1.165) is 6.07 Å². The molecule has 0 radical (unpaired) electrons. The molecule has 21 heavy (non-hydrogen) atoms. The Hall–Kier alpha value is -1.09. The molecule has 0 saturated carbocycles. The molecule has 0 atom stereocenters. The zero-order valence-electron chi connectivity index (χ0n) is 10.2. The monoisotopic (exact) mass is 470 g/mol. The van der Waals surface area contributed by atoms with Crippen LogP contribution >= 0.6 is 38.5 Å². The fourth-order valence-electron chi connectivity index (χ4n) is 1.68. The molecule has 2 nitrogen and oxygen atoms in total. The maximum absolute atomic E-state index is 12.5. The molecule has 0 N–H and O–H groups in total. The first-order chi connectivity index (χ1) is 9.78. The topological polar surface area (TPSA) is 26.3 Å². The Bertz CT molecular complexity index is 686. The lowest BCUT2D eigenvalue weighted by Gasteiger charge is -2.13. The van der Waals surface area contributed by atoms with Crippen molar-refractivity contribution in [1.29, 1.82) is 0 Å².